The van der Waals surface area contributed by atoms with Crippen molar-refractivity contribution >= 4 is 11.7 Å². The molecule has 0 saturated carbocycles. The SMILES string of the molecule is Cc1nc2ncc(C(C)C(=O)O)cn2n1. The molecule has 0 aromatic carbocycles. The summed E-state index contributed by atoms with van der Waals surface area (Å²) in [6, 6.07) is 0. The Balaban J connectivity index is 2.50. The summed E-state index contributed by atoms with van der Waals surface area (Å²) in [6.07, 6.45) is 3.16. The molecule has 1 N–H and O–H groups in total. The summed E-state index contributed by atoms with van der Waals surface area (Å²) in [7, 11) is 0. The van der Waals surface area contributed by atoms with Crippen molar-refractivity contribution in [1.82, 2.24) is 19.6 Å². The molecule has 0 aliphatic carbocycles. The fourth-order valence-electron chi connectivity index (χ4n) is 1.27. The first-order valence-corrected chi connectivity index (χ1v) is 4.49. The Labute approximate surface area is 85.6 Å². The van der Waals surface area contributed by atoms with E-state index in [1.54, 1.807) is 20.0 Å². The monoisotopic (exact) mass is 206 g/mol. The zero-order chi connectivity index (χ0) is 11.0. The van der Waals surface area contributed by atoms with Crippen LogP contribution in [0.5, 0.6) is 0 Å². The lowest BCUT2D eigenvalue weighted by Gasteiger charge is -2.04. The van der Waals surface area contributed by atoms with Gasteiger partial charge in [-0.15, -0.1) is 0 Å². The summed E-state index contributed by atoms with van der Waals surface area (Å²) in [5.41, 5.74) is 0.611. The van der Waals surface area contributed by atoms with Crippen molar-refractivity contribution in [3.63, 3.8) is 0 Å². The third kappa shape index (κ3) is 1.65. The van der Waals surface area contributed by atoms with Gasteiger partial charge in [-0.2, -0.15) is 10.1 Å². The molecular formula is C9H10N4O2. The molecule has 1 unspecified atom stereocenters. The zero-order valence-corrected chi connectivity index (χ0v) is 8.38. The molecule has 2 aromatic rings. The van der Waals surface area contributed by atoms with E-state index in [1.165, 1.54) is 10.7 Å². The molecule has 2 heterocycles. The lowest BCUT2D eigenvalue weighted by Crippen LogP contribution is -2.09. The Morgan fingerprint density at radius 3 is 3.00 bits per heavy atom. The normalized spacial score (nSPS) is 12.9. The Morgan fingerprint density at radius 1 is 1.60 bits per heavy atom. The van der Waals surface area contributed by atoms with Crippen LogP contribution in [0.2, 0.25) is 0 Å². The van der Waals surface area contributed by atoms with Gasteiger partial charge in [0.1, 0.15) is 5.82 Å². The van der Waals surface area contributed by atoms with E-state index in [1.807, 2.05) is 0 Å². The maximum Gasteiger partial charge on any atom is 0.310 e. The fraction of sp³-hybridized carbons (Fsp3) is 0.333. The summed E-state index contributed by atoms with van der Waals surface area (Å²) in [4.78, 5) is 18.9. The minimum Gasteiger partial charge on any atom is -0.481 e. The molecule has 2 rings (SSSR count). The van der Waals surface area contributed by atoms with Crippen LogP contribution >= 0.6 is 0 Å². The lowest BCUT2D eigenvalue weighted by molar-refractivity contribution is -0.138. The topological polar surface area (TPSA) is 80.4 Å². The first-order valence-electron chi connectivity index (χ1n) is 4.49. The Kier molecular flexibility index (Phi) is 2.11. The van der Waals surface area contributed by atoms with Crippen LogP contribution in [-0.2, 0) is 4.79 Å². The van der Waals surface area contributed by atoms with Crippen LogP contribution in [0.4, 0.5) is 0 Å². The second-order valence-corrected chi connectivity index (χ2v) is 3.35. The van der Waals surface area contributed by atoms with Crippen molar-refractivity contribution in [3.05, 3.63) is 23.8 Å². The van der Waals surface area contributed by atoms with Gasteiger partial charge in [0.25, 0.3) is 5.78 Å². The van der Waals surface area contributed by atoms with Gasteiger partial charge in [-0.05, 0) is 13.8 Å². The maximum absolute atomic E-state index is 10.8. The van der Waals surface area contributed by atoms with Crippen molar-refractivity contribution < 1.29 is 9.90 Å². The fourth-order valence-corrected chi connectivity index (χ4v) is 1.27. The third-order valence-electron chi connectivity index (χ3n) is 2.19. The standard InChI is InChI=1S/C9H10N4O2/c1-5(8(14)15)7-3-10-9-11-6(2)12-13(9)4-7/h3-5H,1-2H3,(H,14,15). The molecule has 0 saturated heterocycles. The van der Waals surface area contributed by atoms with E-state index in [9.17, 15) is 4.79 Å². The molecule has 0 spiro atoms. The number of carbonyl (C=O) groups is 1. The van der Waals surface area contributed by atoms with Crippen molar-refractivity contribution in [2.24, 2.45) is 0 Å². The van der Waals surface area contributed by atoms with Crippen molar-refractivity contribution in [1.29, 1.82) is 0 Å². The van der Waals surface area contributed by atoms with Gasteiger partial charge in [-0.1, -0.05) is 0 Å². The third-order valence-corrected chi connectivity index (χ3v) is 2.19. The van der Waals surface area contributed by atoms with Crippen LogP contribution in [0.3, 0.4) is 0 Å². The Morgan fingerprint density at radius 2 is 2.33 bits per heavy atom. The highest BCUT2D eigenvalue weighted by Crippen LogP contribution is 2.13. The van der Waals surface area contributed by atoms with Gasteiger partial charge in [-0.25, -0.2) is 9.50 Å². The van der Waals surface area contributed by atoms with Gasteiger partial charge >= 0.3 is 5.97 Å². The van der Waals surface area contributed by atoms with E-state index in [4.69, 9.17) is 5.11 Å². The van der Waals surface area contributed by atoms with Gasteiger partial charge < -0.3 is 5.11 Å². The number of fused-ring (bicyclic) bond motifs is 1. The summed E-state index contributed by atoms with van der Waals surface area (Å²) in [5, 5.41) is 12.9. The number of rotatable bonds is 2. The Hall–Kier alpha value is -1.98. The molecular weight excluding hydrogens is 196 g/mol. The van der Waals surface area contributed by atoms with E-state index in [0.29, 0.717) is 17.2 Å². The summed E-state index contributed by atoms with van der Waals surface area (Å²) in [5.74, 6) is -0.379. The van der Waals surface area contributed by atoms with Crippen LogP contribution in [0, 0.1) is 6.92 Å². The molecule has 0 aliphatic rings. The van der Waals surface area contributed by atoms with Gasteiger partial charge in [0, 0.05) is 18.0 Å². The zero-order valence-electron chi connectivity index (χ0n) is 8.38. The number of nitrogens with zero attached hydrogens (tertiary/aromatic N) is 4. The van der Waals surface area contributed by atoms with Crippen molar-refractivity contribution in [3.8, 4) is 0 Å². The second kappa shape index (κ2) is 3.30. The van der Waals surface area contributed by atoms with E-state index in [2.05, 4.69) is 15.1 Å². The van der Waals surface area contributed by atoms with E-state index in [0.717, 1.165) is 0 Å². The number of carboxylic acid groups (broad SMARTS) is 1. The van der Waals surface area contributed by atoms with E-state index >= 15 is 0 Å². The predicted molar refractivity (Wildman–Crippen MR) is 51.6 cm³/mol. The molecule has 0 bridgehead atoms. The highest BCUT2D eigenvalue weighted by molar-refractivity contribution is 5.75. The number of hydrogen-bond donors (Lipinski definition) is 1. The summed E-state index contributed by atoms with van der Waals surface area (Å²) >= 11 is 0. The van der Waals surface area contributed by atoms with Crippen LogP contribution in [0.15, 0.2) is 12.4 Å². The number of carboxylic acids is 1. The van der Waals surface area contributed by atoms with Crippen molar-refractivity contribution in [2.75, 3.05) is 0 Å². The first-order chi connectivity index (χ1) is 7.08. The molecule has 78 valence electrons. The molecule has 2 aromatic heterocycles. The maximum atomic E-state index is 10.8. The van der Waals surface area contributed by atoms with E-state index < -0.39 is 11.9 Å². The van der Waals surface area contributed by atoms with Crippen LogP contribution < -0.4 is 0 Å². The number of hydrogen-bond acceptors (Lipinski definition) is 4. The largest absolute Gasteiger partial charge is 0.481 e. The molecule has 0 fully saturated rings. The molecule has 6 nitrogen and oxygen atoms in total. The lowest BCUT2D eigenvalue weighted by atomic mass is 10.1. The minimum absolute atomic E-state index is 0.480. The van der Waals surface area contributed by atoms with Gasteiger partial charge in [-0.3, -0.25) is 4.79 Å². The molecule has 1 atom stereocenters. The Bertz CT molecular complexity index is 520. The molecule has 0 amide bonds. The highest BCUT2D eigenvalue weighted by atomic mass is 16.4. The molecule has 0 radical (unpaired) electrons. The minimum atomic E-state index is -0.881. The average molecular weight is 206 g/mol. The number of aryl methyl sites for hydroxylation is 1. The van der Waals surface area contributed by atoms with Crippen LogP contribution in [0.25, 0.3) is 5.78 Å². The molecule has 0 aliphatic heterocycles. The molecule has 15 heavy (non-hydrogen) atoms. The van der Waals surface area contributed by atoms with Crippen molar-refractivity contribution in [2.45, 2.75) is 19.8 Å². The van der Waals surface area contributed by atoms with Crippen LogP contribution in [-0.4, -0.2) is 30.7 Å². The quantitative estimate of drug-likeness (QED) is 0.779. The van der Waals surface area contributed by atoms with Gasteiger partial charge in [0.05, 0.1) is 5.92 Å². The predicted octanol–water partition coefficient (Wildman–Crippen LogP) is 0.621. The van der Waals surface area contributed by atoms with Gasteiger partial charge in [0.2, 0.25) is 0 Å². The second-order valence-electron chi connectivity index (χ2n) is 3.35. The molecule has 6 heteroatoms. The summed E-state index contributed by atoms with van der Waals surface area (Å²) < 4.78 is 1.49. The highest BCUT2D eigenvalue weighted by Gasteiger charge is 2.15. The first kappa shape index (κ1) is 9.57. The summed E-state index contributed by atoms with van der Waals surface area (Å²) in [6.45, 7) is 3.37. The average Bonchev–Trinajstić information content (AvgIpc) is 2.55. The van der Waals surface area contributed by atoms with Gasteiger partial charge in [0.15, 0.2) is 0 Å². The van der Waals surface area contributed by atoms with Crippen LogP contribution in [0.1, 0.15) is 24.2 Å². The smallest absolute Gasteiger partial charge is 0.310 e. The number of aliphatic carboxylic acids is 1. The van der Waals surface area contributed by atoms with E-state index in [-0.39, 0.29) is 0 Å². The number of aromatic nitrogens is 4.